The predicted octanol–water partition coefficient (Wildman–Crippen LogP) is 3.28. The summed E-state index contributed by atoms with van der Waals surface area (Å²) in [6, 6.07) is 9.58. The van der Waals surface area contributed by atoms with E-state index in [4.69, 9.17) is 5.73 Å². The average molecular weight is 258 g/mol. The van der Waals surface area contributed by atoms with Crippen molar-refractivity contribution in [3.05, 3.63) is 58.9 Å². The molecule has 1 amide bonds. The zero-order valence-electron chi connectivity index (χ0n) is 10.8. The van der Waals surface area contributed by atoms with E-state index < -0.39 is 5.82 Å². The Hall–Kier alpha value is -2.36. The van der Waals surface area contributed by atoms with Gasteiger partial charge in [-0.25, -0.2) is 4.39 Å². The van der Waals surface area contributed by atoms with E-state index in [2.05, 4.69) is 5.32 Å². The number of rotatable bonds is 2. The molecule has 0 aromatic heterocycles. The molecule has 2 rings (SSSR count). The molecule has 0 bridgehead atoms. The maximum Gasteiger partial charge on any atom is 0.256 e. The van der Waals surface area contributed by atoms with Crippen LogP contribution in [0.2, 0.25) is 0 Å². The third-order valence-corrected chi connectivity index (χ3v) is 2.89. The van der Waals surface area contributed by atoms with Crippen LogP contribution in [0.1, 0.15) is 21.5 Å². The Balaban J connectivity index is 2.31. The highest BCUT2D eigenvalue weighted by Gasteiger charge is 2.12. The van der Waals surface area contributed by atoms with Gasteiger partial charge in [0, 0.05) is 16.9 Å². The van der Waals surface area contributed by atoms with Crippen LogP contribution in [0.5, 0.6) is 0 Å². The van der Waals surface area contributed by atoms with Gasteiger partial charge in [-0.3, -0.25) is 4.79 Å². The summed E-state index contributed by atoms with van der Waals surface area (Å²) in [5, 5.41) is 2.66. The Morgan fingerprint density at radius 1 is 1.16 bits per heavy atom. The smallest absolute Gasteiger partial charge is 0.256 e. The lowest BCUT2D eigenvalue weighted by Gasteiger charge is -2.11. The van der Waals surface area contributed by atoms with E-state index in [-0.39, 0.29) is 11.6 Å². The fourth-order valence-corrected chi connectivity index (χ4v) is 2.05. The Bertz CT molecular complexity index is 598. The zero-order chi connectivity index (χ0) is 14.0. The molecule has 0 aliphatic rings. The molecule has 98 valence electrons. The second kappa shape index (κ2) is 5.10. The van der Waals surface area contributed by atoms with Gasteiger partial charge < -0.3 is 11.1 Å². The number of halogens is 1. The van der Waals surface area contributed by atoms with Crippen LogP contribution in [-0.2, 0) is 0 Å². The molecule has 0 aliphatic heterocycles. The summed E-state index contributed by atoms with van der Waals surface area (Å²) >= 11 is 0. The Morgan fingerprint density at radius 3 is 2.37 bits per heavy atom. The van der Waals surface area contributed by atoms with Gasteiger partial charge in [-0.1, -0.05) is 18.2 Å². The molecule has 3 nitrogen and oxygen atoms in total. The molecule has 0 spiro atoms. The Kier molecular flexibility index (Phi) is 3.51. The van der Waals surface area contributed by atoms with Crippen molar-refractivity contribution < 1.29 is 9.18 Å². The van der Waals surface area contributed by atoms with Gasteiger partial charge in [-0.05, 0) is 43.2 Å². The maximum absolute atomic E-state index is 13.2. The molecule has 0 fully saturated rings. The second-order valence-corrected chi connectivity index (χ2v) is 4.49. The van der Waals surface area contributed by atoms with Gasteiger partial charge >= 0.3 is 0 Å². The van der Waals surface area contributed by atoms with Crippen molar-refractivity contribution in [3.63, 3.8) is 0 Å². The number of carbonyl (C=O) groups is 1. The van der Waals surface area contributed by atoms with Gasteiger partial charge in [0.05, 0.1) is 0 Å². The van der Waals surface area contributed by atoms with Crippen molar-refractivity contribution in [2.75, 3.05) is 11.1 Å². The monoisotopic (exact) mass is 258 g/mol. The molecule has 2 aromatic carbocycles. The van der Waals surface area contributed by atoms with Crippen LogP contribution in [0.25, 0.3) is 0 Å². The molecule has 0 aliphatic carbocycles. The standard InChI is InChI=1S/C15H15FN2O/c1-9-4-3-5-10(2)14(9)15(19)18-13-7-11(16)6-12(17)8-13/h3-8H,17H2,1-2H3,(H,18,19). The summed E-state index contributed by atoms with van der Waals surface area (Å²) < 4.78 is 13.2. The first kappa shape index (κ1) is 13.1. The quantitative estimate of drug-likeness (QED) is 0.812. The third-order valence-electron chi connectivity index (χ3n) is 2.89. The van der Waals surface area contributed by atoms with Crippen molar-refractivity contribution in [1.29, 1.82) is 0 Å². The molecule has 19 heavy (non-hydrogen) atoms. The van der Waals surface area contributed by atoms with Gasteiger partial charge in [-0.2, -0.15) is 0 Å². The van der Waals surface area contributed by atoms with Crippen LogP contribution in [0.3, 0.4) is 0 Å². The Labute approximate surface area is 111 Å². The number of hydrogen-bond donors (Lipinski definition) is 2. The highest BCUT2D eigenvalue weighted by Crippen LogP contribution is 2.19. The lowest BCUT2D eigenvalue weighted by atomic mass is 10.0. The number of amides is 1. The summed E-state index contributed by atoms with van der Waals surface area (Å²) in [5.41, 5.74) is 8.52. The topological polar surface area (TPSA) is 55.1 Å². The van der Waals surface area contributed by atoms with Gasteiger partial charge in [0.1, 0.15) is 5.82 Å². The summed E-state index contributed by atoms with van der Waals surface area (Å²) in [6.45, 7) is 3.73. The summed E-state index contributed by atoms with van der Waals surface area (Å²) in [5.74, 6) is -0.739. The van der Waals surface area contributed by atoms with Gasteiger partial charge in [-0.15, -0.1) is 0 Å². The first-order valence-corrected chi connectivity index (χ1v) is 5.91. The van der Waals surface area contributed by atoms with Gasteiger partial charge in [0.2, 0.25) is 0 Å². The maximum atomic E-state index is 13.2. The zero-order valence-corrected chi connectivity index (χ0v) is 10.8. The average Bonchev–Trinajstić information content (AvgIpc) is 2.26. The summed E-state index contributed by atoms with van der Waals surface area (Å²) in [6.07, 6.45) is 0. The second-order valence-electron chi connectivity index (χ2n) is 4.49. The fourth-order valence-electron chi connectivity index (χ4n) is 2.05. The minimum absolute atomic E-state index is 0.263. The summed E-state index contributed by atoms with van der Waals surface area (Å²) in [7, 11) is 0. The van der Waals surface area contributed by atoms with Crippen LogP contribution >= 0.6 is 0 Å². The molecule has 0 radical (unpaired) electrons. The molecular weight excluding hydrogens is 243 g/mol. The molecule has 2 aromatic rings. The minimum Gasteiger partial charge on any atom is -0.399 e. The van der Waals surface area contributed by atoms with Crippen LogP contribution < -0.4 is 11.1 Å². The predicted molar refractivity (Wildman–Crippen MR) is 74.7 cm³/mol. The number of aryl methyl sites for hydroxylation is 2. The number of nitrogens with two attached hydrogens (primary N) is 1. The molecule has 4 heteroatoms. The number of hydrogen-bond acceptors (Lipinski definition) is 2. The van der Waals surface area contributed by atoms with E-state index in [1.165, 1.54) is 18.2 Å². The van der Waals surface area contributed by atoms with E-state index in [1.54, 1.807) is 0 Å². The largest absolute Gasteiger partial charge is 0.399 e. The number of nitrogen functional groups attached to an aromatic ring is 1. The SMILES string of the molecule is Cc1cccc(C)c1C(=O)Nc1cc(N)cc(F)c1. The minimum atomic E-state index is -0.475. The first-order chi connectivity index (χ1) is 8.97. The van der Waals surface area contributed by atoms with E-state index in [9.17, 15) is 9.18 Å². The lowest BCUT2D eigenvalue weighted by Crippen LogP contribution is -2.15. The number of nitrogens with one attached hydrogen (secondary N) is 1. The van der Waals surface area contributed by atoms with Crippen molar-refractivity contribution >= 4 is 17.3 Å². The summed E-state index contributed by atoms with van der Waals surface area (Å²) in [4.78, 5) is 12.2. The highest BCUT2D eigenvalue weighted by atomic mass is 19.1. The van der Waals surface area contributed by atoms with Gasteiger partial charge in [0.15, 0.2) is 0 Å². The van der Waals surface area contributed by atoms with E-state index in [1.807, 2.05) is 32.0 Å². The van der Waals surface area contributed by atoms with Crippen LogP contribution in [0.4, 0.5) is 15.8 Å². The van der Waals surface area contributed by atoms with Crippen LogP contribution in [-0.4, -0.2) is 5.91 Å². The van der Waals surface area contributed by atoms with E-state index in [0.717, 1.165) is 11.1 Å². The number of anilines is 2. The normalized spacial score (nSPS) is 10.3. The molecule has 0 saturated carbocycles. The van der Waals surface area contributed by atoms with Crippen molar-refractivity contribution in [1.82, 2.24) is 0 Å². The Morgan fingerprint density at radius 2 is 1.79 bits per heavy atom. The van der Waals surface area contributed by atoms with Crippen molar-refractivity contribution in [2.45, 2.75) is 13.8 Å². The third kappa shape index (κ3) is 2.91. The molecular formula is C15H15FN2O. The fraction of sp³-hybridized carbons (Fsp3) is 0.133. The van der Waals surface area contributed by atoms with E-state index >= 15 is 0 Å². The number of benzene rings is 2. The van der Waals surface area contributed by atoms with Crippen LogP contribution in [0, 0.1) is 19.7 Å². The van der Waals surface area contributed by atoms with Crippen molar-refractivity contribution in [3.8, 4) is 0 Å². The first-order valence-electron chi connectivity index (χ1n) is 5.91. The highest BCUT2D eigenvalue weighted by molar-refractivity contribution is 6.06. The van der Waals surface area contributed by atoms with Crippen LogP contribution in [0.15, 0.2) is 36.4 Å². The molecule has 3 N–H and O–H groups in total. The molecule has 0 atom stereocenters. The molecule has 0 heterocycles. The van der Waals surface area contributed by atoms with Gasteiger partial charge in [0.25, 0.3) is 5.91 Å². The molecule has 0 saturated heterocycles. The van der Waals surface area contributed by atoms with Crippen molar-refractivity contribution in [2.24, 2.45) is 0 Å². The lowest BCUT2D eigenvalue weighted by molar-refractivity contribution is 0.102. The number of carbonyl (C=O) groups excluding carboxylic acids is 1. The molecule has 0 unspecified atom stereocenters. The van der Waals surface area contributed by atoms with E-state index in [0.29, 0.717) is 11.3 Å².